The van der Waals surface area contributed by atoms with Crippen molar-refractivity contribution < 1.29 is 27.2 Å². The molecule has 0 saturated heterocycles. The van der Waals surface area contributed by atoms with Gasteiger partial charge in [-0.1, -0.05) is 12.1 Å². The number of carbonyl (C=O) groups excluding carboxylic acids is 2. The Morgan fingerprint density at radius 1 is 1.30 bits per heavy atom. The first-order chi connectivity index (χ1) is 12.8. The average Bonchev–Trinajstić information content (AvgIpc) is 3.01. The molecule has 2 aromatic rings. The molecule has 1 aromatic heterocycles. The van der Waals surface area contributed by atoms with Gasteiger partial charge in [0.05, 0.1) is 37.1 Å². The Morgan fingerprint density at radius 3 is 2.70 bits per heavy atom. The first-order valence-electron chi connectivity index (χ1n) is 8.24. The van der Waals surface area contributed by atoms with Gasteiger partial charge in [-0.05, 0) is 31.3 Å². The van der Waals surface area contributed by atoms with Gasteiger partial charge in [-0.2, -0.15) is 13.2 Å². The molecule has 1 atom stereocenters. The molecule has 1 N–H and O–H groups in total. The third-order valence-corrected chi connectivity index (χ3v) is 4.19. The van der Waals surface area contributed by atoms with E-state index in [4.69, 9.17) is 4.42 Å². The van der Waals surface area contributed by atoms with E-state index in [-0.39, 0.29) is 24.5 Å². The number of carbonyl (C=O) groups is 2. The van der Waals surface area contributed by atoms with Crippen molar-refractivity contribution in [2.75, 3.05) is 23.8 Å². The first kappa shape index (κ1) is 19.0. The Kier molecular flexibility index (Phi) is 5.22. The lowest BCUT2D eigenvalue weighted by Crippen LogP contribution is -2.52. The lowest BCUT2D eigenvalue weighted by molar-refractivity contribution is -0.158. The lowest BCUT2D eigenvalue weighted by Gasteiger charge is -2.32. The van der Waals surface area contributed by atoms with Crippen LogP contribution < -0.4 is 10.2 Å². The second-order valence-corrected chi connectivity index (χ2v) is 6.34. The molecule has 0 bridgehead atoms. The van der Waals surface area contributed by atoms with Crippen LogP contribution in [0.1, 0.15) is 12.2 Å². The van der Waals surface area contributed by atoms with E-state index in [0.717, 1.165) is 0 Å². The van der Waals surface area contributed by atoms with E-state index in [9.17, 15) is 22.8 Å². The number of furan rings is 1. The molecule has 1 aromatic carbocycles. The van der Waals surface area contributed by atoms with Crippen LogP contribution >= 0.6 is 0 Å². The molecule has 27 heavy (non-hydrogen) atoms. The monoisotopic (exact) mass is 381 g/mol. The summed E-state index contributed by atoms with van der Waals surface area (Å²) in [5.41, 5.74) is 0.207. The Balaban J connectivity index is 1.90. The maximum atomic E-state index is 13.6. The largest absolute Gasteiger partial charge is 0.468 e. The zero-order chi connectivity index (χ0) is 19.6. The van der Waals surface area contributed by atoms with Gasteiger partial charge in [0.15, 0.2) is 0 Å². The fraction of sp³-hybridized carbons (Fsp3) is 0.333. The quantitative estimate of drug-likeness (QED) is 0.884. The van der Waals surface area contributed by atoms with Crippen LogP contribution in [0.4, 0.5) is 24.5 Å². The van der Waals surface area contributed by atoms with E-state index in [2.05, 4.69) is 5.32 Å². The number of amides is 2. The minimum absolute atomic E-state index is 0.0297. The van der Waals surface area contributed by atoms with Gasteiger partial charge >= 0.3 is 6.18 Å². The third-order valence-electron chi connectivity index (χ3n) is 4.19. The molecule has 1 unspecified atom stereocenters. The minimum Gasteiger partial charge on any atom is -0.468 e. The Bertz CT molecular complexity index is 821. The summed E-state index contributed by atoms with van der Waals surface area (Å²) in [6.07, 6.45) is -4.12. The predicted octanol–water partition coefficient (Wildman–Crippen LogP) is 3.02. The summed E-state index contributed by atoms with van der Waals surface area (Å²) < 4.78 is 46.1. The summed E-state index contributed by atoms with van der Waals surface area (Å²) in [5, 5.41) is 2.44. The number of anilines is 2. The van der Waals surface area contributed by atoms with Crippen LogP contribution in [-0.4, -0.2) is 42.5 Å². The highest BCUT2D eigenvalue weighted by atomic mass is 19.4. The van der Waals surface area contributed by atoms with Crippen molar-refractivity contribution in [3.63, 3.8) is 0 Å². The van der Waals surface area contributed by atoms with Gasteiger partial charge in [0.2, 0.25) is 11.8 Å². The molecule has 0 aliphatic carbocycles. The average molecular weight is 381 g/mol. The number of likely N-dealkylation sites (N-methyl/N-ethyl adjacent to an activating group) is 1. The maximum Gasteiger partial charge on any atom is 0.409 e. The van der Waals surface area contributed by atoms with Crippen molar-refractivity contribution >= 4 is 23.2 Å². The van der Waals surface area contributed by atoms with Crippen molar-refractivity contribution in [3.05, 3.63) is 48.4 Å². The summed E-state index contributed by atoms with van der Waals surface area (Å²) in [6.45, 7) is -0.00209. The van der Waals surface area contributed by atoms with E-state index >= 15 is 0 Å². The fourth-order valence-electron chi connectivity index (χ4n) is 3.03. The van der Waals surface area contributed by atoms with Crippen LogP contribution in [0.25, 0.3) is 0 Å². The number of rotatable bonds is 4. The maximum absolute atomic E-state index is 13.6. The van der Waals surface area contributed by atoms with Crippen LogP contribution in [0.5, 0.6) is 0 Å². The number of benzene rings is 1. The number of halogens is 3. The highest BCUT2D eigenvalue weighted by Crippen LogP contribution is 2.37. The summed E-state index contributed by atoms with van der Waals surface area (Å²) in [5.74, 6) is -0.954. The predicted molar refractivity (Wildman–Crippen MR) is 92.1 cm³/mol. The summed E-state index contributed by atoms with van der Waals surface area (Å²) in [4.78, 5) is 27.0. The number of para-hydroxylation sites is 2. The first-order valence-corrected chi connectivity index (χ1v) is 8.24. The molecule has 1 aliphatic heterocycles. The van der Waals surface area contributed by atoms with Gasteiger partial charge in [-0.3, -0.25) is 19.4 Å². The highest BCUT2D eigenvalue weighted by Gasteiger charge is 2.49. The number of nitrogens with zero attached hydrogens (tertiary/aromatic N) is 2. The van der Waals surface area contributed by atoms with E-state index < -0.39 is 30.5 Å². The number of fused-ring (bicyclic) bond motifs is 1. The van der Waals surface area contributed by atoms with Crippen LogP contribution in [0.2, 0.25) is 0 Å². The number of nitrogens with one attached hydrogen (secondary N) is 1. The Morgan fingerprint density at radius 2 is 2.04 bits per heavy atom. The van der Waals surface area contributed by atoms with E-state index in [1.165, 1.54) is 24.5 Å². The second-order valence-electron chi connectivity index (χ2n) is 6.34. The van der Waals surface area contributed by atoms with Gasteiger partial charge in [-0.25, -0.2) is 0 Å². The second kappa shape index (κ2) is 7.43. The SMILES string of the molecule is CN(CC(=O)N1c2ccccc2NC(=O)CC1C(F)(F)F)Cc1ccco1. The molecule has 9 heteroatoms. The van der Waals surface area contributed by atoms with Crippen molar-refractivity contribution in [1.82, 2.24) is 4.90 Å². The number of alkyl halides is 3. The zero-order valence-corrected chi connectivity index (χ0v) is 14.5. The summed E-state index contributed by atoms with van der Waals surface area (Å²) in [6, 6.07) is 7.14. The molecule has 2 amide bonds. The minimum atomic E-state index is -4.75. The van der Waals surface area contributed by atoms with Gasteiger partial charge in [0.1, 0.15) is 11.8 Å². The standard InChI is InChI=1S/C18H18F3N3O3/c1-23(10-12-5-4-8-27-12)11-17(26)24-14-7-3-2-6-13(14)22-16(25)9-15(24)18(19,20)21/h2-8,15H,9-11H2,1H3,(H,22,25). The smallest absolute Gasteiger partial charge is 0.409 e. The van der Waals surface area contributed by atoms with Gasteiger partial charge in [0, 0.05) is 0 Å². The lowest BCUT2D eigenvalue weighted by atomic mass is 10.1. The van der Waals surface area contributed by atoms with Crippen LogP contribution in [-0.2, 0) is 16.1 Å². The Labute approximate surface area is 153 Å². The molecule has 0 fully saturated rings. The van der Waals surface area contributed by atoms with Crippen molar-refractivity contribution in [3.8, 4) is 0 Å². The Hall–Kier alpha value is -2.81. The summed E-state index contributed by atoms with van der Waals surface area (Å²) >= 11 is 0. The van der Waals surface area contributed by atoms with Crippen LogP contribution in [0.3, 0.4) is 0 Å². The van der Waals surface area contributed by atoms with Crippen LogP contribution in [0, 0.1) is 0 Å². The van der Waals surface area contributed by atoms with Gasteiger partial charge in [-0.15, -0.1) is 0 Å². The molecule has 3 rings (SSSR count). The topological polar surface area (TPSA) is 65.8 Å². The molecule has 0 spiro atoms. The molecule has 0 radical (unpaired) electrons. The summed E-state index contributed by atoms with van der Waals surface area (Å²) in [7, 11) is 1.61. The molecule has 0 saturated carbocycles. The zero-order valence-electron chi connectivity index (χ0n) is 14.5. The number of hydrogen-bond donors (Lipinski definition) is 1. The number of hydrogen-bond acceptors (Lipinski definition) is 4. The molecular weight excluding hydrogens is 363 g/mol. The van der Waals surface area contributed by atoms with Crippen LogP contribution in [0.15, 0.2) is 47.1 Å². The van der Waals surface area contributed by atoms with Gasteiger partial charge in [0.25, 0.3) is 0 Å². The fourth-order valence-corrected chi connectivity index (χ4v) is 3.03. The molecule has 6 nitrogen and oxygen atoms in total. The van der Waals surface area contributed by atoms with E-state index in [1.807, 2.05) is 0 Å². The third kappa shape index (κ3) is 4.30. The van der Waals surface area contributed by atoms with E-state index in [0.29, 0.717) is 10.7 Å². The molecule has 1 aliphatic rings. The normalized spacial score (nSPS) is 17.4. The molecule has 144 valence electrons. The molecule has 2 heterocycles. The van der Waals surface area contributed by atoms with E-state index in [1.54, 1.807) is 30.1 Å². The van der Waals surface area contributed by atoms with Gasteiger partial charge < -0.3 is 9.73 Å². The van der Waals surface area contributed by atoms with Crippen molar-refractivity contribution in [2.45, 2.75) is 25.2 Å². The van der Waals surface area contributed by atoms with Crippen molar-refractivity contribution in [1.29, 1.82) is 0 Å². The molecular formula is C18H18F3N3O3. The van der Waals surface area contributed by atoms with Crippen molar-refractivity contribution in [2.24, 2.45) is 0 Å². The highest BCUT2D eigenvalue weighted by molar-refractivity contribution is 6.05.